The lowest BCUT2D eigenvalue weighted by Crippen LogP contribution is -2.37. The number of amides is 1. The SMILES string of the molecule is CCC1(CNC(=O)C(Cl)c2ccccc2)CCCC1. The maximum Gasteiger partial charge on any atom is 0.242 e. The van der Waals surface area contributed by atoms with Gasteiger partial charge in [-0.2, -0.15) is 0 Å². The van der Waals surface area contributed by atoms with Crippen molar-refractivity contribution < 1.29 is 4.79 Å². The third kappa shape index (κ3) is 3.50. The Balaban J connectivity index is 1.91. The number of hydrogen-bond donors (Lipinski definition) is 1. The van der Waals surface area contributed by atoms with Gasteiger partial charge >= 0.3 is 0 Å². The van der Waals surface area contributed by atoms with Crippen LogP contribution in [-0.2, 0) is 4.79 Å². The fourth-order valence-electron chi connectivity index (χ4n) is 2.92. The topological polar surface area (TPSA) is 29.1 Å². The normalized spacial score (nSPS) is 19.1. The molecule has 1 aromatic carbocycles. The number of halogens is 1. The van der Waals surface area contributed by atoms with E-state index < -0.39 is 5.38 Å². The molecular weight excluding hydrogens is 258 g/mol. The standard InChI is InChI=1S/C16H22ClNO/c1-2-16(10-6-7-11-16)12-18-15(19)14(17)13-8-4-3-5-9-13/h3-5,8-9,14H,2,6-7,10-12H2,1H3,(H,18,19). The molecule has 0 aliphatic heterocycles. The van der Waals surface area contributed by atoms with Crippen molar-refractivity contribution in [2.75, 3.05) is 6.54 Å². The first kappa shape index (κ1) is 14.4. The number of hydrogen-bond acceptors (Lipinski definition) is 1. The van der Waals surface area contributed by atoms with Crippen LogP contribution in [0.25, 0.3) is 0 Å². The van der Waals surface area contributed by atoms with Crippen LogP contribution in [0.5, 0.6) is 0 Å². The summed E-state index contributed by atoms with van der Waals surface area (Å²) in [6, 6.07) is 9.52. The van der Waals surface area contributed by atoms with E-state index in [1.165, 1.54) is 25.7 Å². The van der Waals surface area contributed by atoms with Gasteiger partial charge in [0.05, 0.1) is 0 Å². The van der Waals surface area contributed by atoms with Gasteiger partial charge in [0.15, 0.2) is 0 Å². The molecule has 0 bridgehead atoms. The quantitative estimate of drug-likeness (QED) is 0.810. The molecule has 0 aromatic heterocycles. The molecule has 1 aliphatic carbocycles. The van der Waals surface area contributed by atoms with Crippen molar-refractivity contribution in [2.24, 2.45) is 5.41 Å². The van der Waals surface area contributed by atoms with E-state index in [2.05, 4.69) is 12.2 Å². The van der Waals surface area contributed by atoms with Gasteiger partial charge in [0.1, 0.15) is 5.38 Å². The van der Waals surface area contributed by atoms with Crippen LogP contribution >= 0.6 is 11.6 Å². The molecule has 104 valence electrons. The number of carbonyl (C=O) groups excluding carboxylic acids is 1. The van der Waals surface area contributed by atoms with Crippen LogP contribution < -0.4 is 5.32 Å². The Hall–Kier alpha value is -1.02. The lowest BCUT2D eigenvalue weighted by atomic mass is 9.83. The van der Waals surface area contributed by atoms with Gasteiger partial charge in [-0.15, -0.1) is 11.6 Å². The van der Waals surface area contributed by atoms with E-state index in [-0.39, 0.29) is 5.91 Å². The van der Waals surface area contributed by atoms with E-state index in [0.29, 0.717) is 5.41 Å². The molecule has 2 rings (SSSR count). The third-order valence-corrected chi connectivity index (χ3v) is 4.82. The van der Waals surface area contributed by atoms with E-state index in [4.69, 9.17) is 11.6 Å². The van der Waals surface area contributed by atoms with E-state index >= 15 is 0 Å². The molecular formula is C16H22ClNO. The summed E-state index contributed by atoms with van der Waals surface area (Å²) in [5.41, 5.74) is 1.17. The number of carbonyl (C=O) groups is 1. The third-order valence-electron chi connectivity index (χ3n) is 4.37. The molecule has 0 radical (unpaired) electrons. The van der Waals surface area contributed by atoms with Crippen LogP contribution in [0.3, 0.4) is 0 Å². The molecule has 1 aromatic rings. The van der Waals surface area contributed by atoms with Gasteiger partial charge in [0.25, 0.3) is 0 Å². The van der Waals surface area contributed by atoms with Crippen molar-refractivity contribution in [3.63, 3.8) is 0 Å². The molecule has 1 aliphatic rings. The number of alkyl halides is 1. The van der Waals surface area contributed by atoms with Crippen molar-refractivity contribution >= 4 is 17.5 Å². The molecule has 1 amide bonds. The van der Waals surface area contributed by atoms with Crippen molar-refractivity contribution in [3.05, 3.63) is 35.9 Å². The summed E-state index contributed by atoms with van der Waals surface area (Å²) in [6.07, 6.45) is 6.15. The second kappa shape index (κ2) is 6.42. The van der Waals surface area contributed by atoms with Crippen LogP contribution in [-0.4, -0.2) is 12.5 Å². The van der Waals surface area contributed by atoms with Gasteiger partial charge in [-0.3, -0.25) is 4.79 Å². The molecule has 2 nitrogen and oxygen atoms in total. The molecule has 1 fully saturated rings. The van der Waals surface area contributed by atoms with E-state index in [1.807, 2.05) is 30.3 Å². The van der Waals surface area contributed by atoms with Crippen molar-refractivity contribution in [1.29, 1.82) is 0 Å². The minimum atomic E-state index is -0.587. The Kier molecular flexibility index (Phi) is 4.87. The van der Waals surface area contributed by atoms with Crippen LogP contribution in [0, 0.1) is 5.41 Å². The maximum absolute atomic E-state index is 12.1. The fourth-order valence-corrected chi connectivity index (χ4v) is 3.14. The zero-order chi connectivity index (χ0) is 13.7. The Morgan fingerprint density at radius 2 is 1.95 bits per heavy atom. The monoisotopic (exact) mass is 279 g/mol. The minimum Gasteiger partial charge on any atom is -0.354 e. The molecule has 1 unspecified atom stereocenters. The molecule has 1 saturated carbocycles. The van der Waals surface area contributed by atoms with Gasteiger partial charge in [-0.25, -0.2) is 0 Å². The zero-order valence-electron chi connectivity index (χ0n) is 11.5. The fraction of sp³-hybridized carbons (Fsp3) is 0.562. The van der Waals surface area contributed by atoms with E-state index in [0.717, 1.165) is 18.5 Å². The van der Waals surface area contributed by atoms with Crippen molar-refractivity contribution in [2.45, 2.75) is 44.4 Å². The van der Waals surface area contributed by atoms with E-state index in [1.54, 1.807) is 0 Å². The summed E-state index contributed by atoms with van der Waals surface area (Å²) < 4.78 is 0. The summed E-state index contributed by atoms with van der Waals surface area (Å²) in [4.78, 5) is 12.1. The van der Waals surface area contributed by atoms with Crippen LogP contribution in [0.15, 0.2) is 30.3 Å². The predicted molar refractivity (Wildman–Crippen MR) is 79.2 cm³/mol. The molecule has 0 heterocycles. The van der Waals surface area contributed by atoms with Crippen LogP contribution in [0.2, 0.25) is 0 Å². The second-order valence-corrected chi connectivity index (χ2v) is 5.99. The molecule has 3 heteroatoms. The van der Waals surface area contributed by atoms with Crippen LogP contribution in [0.1, 0.15) is 50.0 Å². The highest BCUT2D eigenvalue weighted by Crippen LogP contribution is 2.40. The summed E-state index contributed by atoms with van der Waals surface area (Å²) in [5, 5.41) is 2.46. The lowest BCUT2D eigenvalue weighted by Gasteiger charge is -2.28. The average molecular weight is 280 g/mol. The number of benzene rings is 1. The average Bonchev–Trinajstić information content (AvgIpc) is 2.94. The zero-order valence-corrected chi connectivity index (χ0v) is 12.2. The maximum atomic E-state index is 12.1. The Morgan fingerprint density at radius 1 is 1.32 bits per heavy atom. The number of nitrogens with one attached hydrogen (secondary N) is 1. The van der Waals surface area contributed by atoms with Crippen molar-refractivity contribution in [1.82, 2.24) is 5.32 Å². The largest absolute Gasteiger partial charge is 0.354 e. The summed E-state index contributed by atoms with van der Waals surface area (Å²) in [6.45, 7) is 2.98. The van der Waals surface area contributed by atoms with E-state index in [9.17, 15) is 4.79 Å². The Labute approximate surface area is 120 Å². The summed E-state index contributed by atoms with van der Waals surface area (Å²) >= 11 is 6.22. The summed E-state index contributed by atoms with van der Waals surface area (Å²) in [5.74, 6) is -0.0763. The lowest BCUT2D eigenvalue weighted by molar-refractivity contribution is -0.121. The molecule has 19 heavy (non-hydrogen) atoms. The minimum absolute atomic E-state index is 0.0763. The molecule has 1 N–H and O–H groups in total. The smallest absolute Gasteiger partial charge is 0.242 e. The summed E-state index contributed by atoms with van der Waals surface area (Å²) in [7, 11) is 0. The first-order valence-corrected chi connectivity index (χ1v) is 7.57. The van der Waals surface area contributed by atoms with Gasteiger partial charge in [-0.05, 0) is 30.2 Å². The van der Waals surface area contributed by atoms with Gasteiger partial charge in [-0.1, -0.05) is 50.1 Å². The van der Waals surface area contributed by atoms with Gasteiger partial charge in [0, 0.05) is 6.54 Å². The van der Waals surface area contributed by atoms with Crippen LogP contribution in [0.4, 0.5) is 0 Å². The Bertz CT molecular complexity index is 412. The predicted octanol–water partition coefficient (Wildman–Crippen LogP) is 4.05. The molecule has 1 atom stereocenters. The first-order chi connectivity index (χ1) is 9.17. The highest BCUT2D eigenvalue weighted by atomic mass is 35.5. The highest BCUT2D eigenvalue weighted by Gasteiger charge is 2.32. The van der Waals surface area contributed by atoms with Gasteiger partial charge < -0.3 is 5.32 Å². The first-order valence-electron chi connectivity index (χ1n) is 7.14. The Morgan fingerprint density at radius 3 is 2.53 bits per heavy atom. The second-order valence-electron chi connectivity index (χ2n) is 5.55. The van der Waals surface area contributed by atoms with Gasteiger partial charge in [0.2, 0.25) is 5.91 Å². The highest BCUT2D eigenvalue weighted by molar-refractivity contribution is 6.30. The molecule has 0 saturated heterocycles. The number of rotatable bonds is 5. The molecule has 0 spiro atoms. The van der Waals surface area contributed by atoms with Crippen molar-refractivity contribution in [3.8, 4) is 0 Å².